The van der Waals surface area contributed by atoms with E-state index in [-0.39, 0.29) is 19.6 Å². The summed E-state index contributed by atoms with van der Waals surface area (Å²) in [4.78, 5) is 45.8. The minimum absolute atomic E-state index is 0.0433. The molecule has 0 saturated carbocycles. The molecule has 0 aliphatic heterocycles. The monoisotopic (exact) mass is 359 g/mol. The van der Waals surface area contributed by atoms with Crippen molar-refractivity contribution in [2.24, 2.45) is 5.73 Å². The van der Waals surface area contributed by atoms with Crippen molar-refractivity contribution in [3.8, 4) is 0 Å². The Labute approximate surface area is 147 Å². The molecule has 0 aromatic carbocycles. The van der Waals surface area contributed by atoms with Crippen molar-refractivity contribution in [3.63, 3.8) is 0 Å². The van der Waals surface area contributed by atoms with Gasteiger partial charge in [-0.2, -0.15) is 0 Å². The average molecular weight is 359 g/mol. The molecular formula is C15H29N5O5. The number of amides is 5. The van der Waals surface area contributed by atoms with Gasteiger partial charge in [0.2, 0.25) is 11.8 Å². The number of unbranched alkanes of at least 4 members (excludes halogenated alkanes) is 3. The van der Waals surface area contributed by atoms with Crippen LogP contribution >= 0.6 is 0 Å². The van der Waals surface area contributed by atoms with Crippen LogP contribution in [0.25, 0.3) is 0 Å². The first-order valence-electron chi connectivity index (χ1n) is 8.35. The first kappa shape index (κ1) is 22.5. The summed E-state index contributed by atoms with van der Waals surface area (Å²) in [5.41, 5.74) is 5.11. The molecule has 0 aliphatic carbocycles. The fourth-order valence-electron chi connectivity index (χ4n) is 1.89. The van der Waals surface area contributed by atoms with Gasteiger partial charge in [0.1, 0.15) is 12.6 Å². The first-order chi connectivity index (χ1) is 11.9. The van der Waals surface area contributed by atoms with Crippen LogP contribution in [0.4, 0.5) is 9.59 Å². The minimum Gasteiger partial charge on any atom is -0.448 e. The summed E-state index contributed by atoms with van der Waals surface area (Å²) >= 11 is 0. The third-order valence-corrected chi connectivity index (χ3v) is 3.18. The molecule has 0 spiro atoms. The normalized spacial score (nSPS) is 11.1. The summed E-state index contributed by atoms with van der Waals surface area (Å²) in [6.45, 7) is 2.57. The van der Waals surface area contributed by atoms with Gasteiger partial charge in [0.15, 0.2) is 0 Å². The van der Waals surface area contributed by atoms with Gasteiger partial charge in [-0.1, -0.05) is 26.2 Å². The van der Waals surface area contributed by atoms with E-state index < -0.39 is 30.0 Å². The zero-order chi connectivity index (χ0) is 19.1. The lowest BCUT2D eigenvalue weighted by molar-refractivity contribution is -0.127. The Balaban J connectivity index is 4.24. The Morgan fingerprint density at radius 1 is 1.04 bits per heavy atom. The number of carbonyl (C=O) groups is 4. The summed E-state index contributed by atoms with van der Waals surface area (Å²) in [5, 5.41) is 9.77. The predicted molar refractivity (Wildman–Crippen MR) is 91.7 cm³/mol. The fraction of sp³-hybridized carbons (Fsp3) is 0.733. The Morgan fingerprint density at radius 3 is 2.36 bits per heavy atom. The fourth-order valence-corrected chi connectivity index (χ4v) is 1.89. The van der Waals surface area contributed by atoms with Crippen molar-refractivity contribution in [3.05, 3.63) is 0 Å². The van der Waals surface area contributed by atoms with E-state index in [1.165, 1.54) is 7.05 Å². The van der Waals surface area contributed by atoms with E-state index in [1.54, 1.807) is 0 Å². The molecule has 10 heteroatoms. The van der Waals surface area contributed by atoms with Crippen LogP contribution in [-0.2, 0) is 14.3 Å². The second-order valence-corrected chi connectivity index (χ2v) is 5.36. The number of urea groups is 1. The first-order valence-corrected chi connectivity index (χ1v) is 8.35. The van der Waals surface area contributed by atoms with E-state index in [2.05, 4.69) is 28.2 Å². The van der Waals surface area contributed by atoms with Crippen molar-refractivity contribution >= 4 is 23.9 Å². The van der Waals surface area contributed by atoms with Crippen molar-refractivity contribution in [1.82, 2.24) is 21.3 Å². The van der Waals surface area contributed by atoms with E-state index in [9.17, 15) is 19.2 Å². The molecule has 0 aromatic rings. The topological polar surface area (TPSA) is 152 Å². The van der Waals surface area contributed by atoms with Gasteiger partial charge in [0.05, 0.1) is 13.0 Å². The Hall–Kier alpha value is -2.52. The van der Waals surface area contributed by atoms with Crippen molar-refractivity contribution < 1.29 is 23.9 Å². The number of alkyl carbamates (subject to hydrolysis) is 1. The largest absolute Gasteiger partial charge is 0.448 e. The molecule has 1 atom stereocenters. The molecule has 0 aliphatic rings. The molecule has 0 aromatic heterocycles. The zero-order valence-corrected chi connectivity index (χ0v) is 14.9. The highest BCUT2D eigenvalue weighted by Crippen LogP contribution is 1.97. The second kappa shape index (κ2) is 13.9. The third-order valence-electron chi connectivity index (χ3n) is 3.18. The van der Waals surface area contributed by atoms with Gasteiger partial charge >= 0.3 is 12.1 Å². The van der Waals surface area contributed by atoms with Gasteiger partial charge in [0, 0.05) is 13.6 Å². The number of rotatable bonds is 12. The number of nitrogens with one attached hydrogen (secondary N) is 4. The van der Waals surface area contributed by atoms with E-state index in [0.29, 0.717) is 6.54 Å². The van der Waals surface area contributed by atoms with Gasteiger partial charge in [-0.25, -0.2) is 9.59 Å². The minimum atomic E-state index is -1.09. The van der Waals surface area contributed by atoms with Crippen molar-refractivity contribution in [1.29, 1.82) is 0 Å². The lowest BCUT2D eigenvalue weighted by Crippen LogP contribution is -2.52. The van der Waals surface area contributed by atoms with Crippen LogP contribution in [0, 0.1) is 0 Å². The molecule has 144 valence electrons. The van der Waals surface area contributed by atoms with E-state index >= 15 is 0 Å². The lowest BCUT2D eigenvalue weighted by Gasteiger charge is -2.17. The van der Waals surface area contributed by atoms with E-state index in [0.717, 1.165) is 25.7 Å². The van der Waals surface area contributed by atoms with E-state index in [4.69, 9.17) is 10.5 Å². The molecular weight excluding hydrogens is 330 g/mol. The van der Waals surface area contributed by atoms with Crippen molar-refractivity contribution in [2.75, 3.05) is 26.7 Å². The Kier molecular flexibility index (Phi) is 12.5. The molecule has 0 bridgehead atoms. The van der Waals surface area contributed by atoms with Gasteiger partial charge < -0.3 is 31.7 Å². The summed E-state index contributed by atoms with van der Waals surface area (Å²) in [6.07, 6.45) is 3.08. The van der Waals surface area contributed by atoms with Crippen LogP contribution in [0.1, 0.15) is 39.0 Å². The second-order valence-electron chi connectivity index (χ2n) is 5.36. The quantitative estimate of drug-likeness (QED) is 0.300. The highest BCUT2D eigenvalue weighted by molar-refractivity contribution is 5.91. The highest BCUT2D eigenvalue weighted by Gasteiger charge is 2.22. The number of nitrogens with two attached hydrogens (primary N) is 1. The molecule has 0 unspecified atom stereocenters. The highest BCUT2D eigenvalue weighted by atomic mass is 16.5. The van der Waals surface area contributed by atoms with Crippen LogP contribution in [0.15, 0.2) is 0 Å². The number of hydrogen-bond acceptors (Lipinski definition) is 5. The molecule has 0 heterocycles. The van der Waals surface area contributed by atoms with Crippen LogP contribution < -0.4 is 27.0 Å². The van der Waals surface area contributed by atoms with Gasteiger partial charge in [-0.05, 0) is 6.42 Å². The maximum Gasteiger partial charge on any atom is 0.406 e. The van der Waals surface area contributed by atoms with E-state index in [1.807, 2.05) is 0 Å². The molecule has 0 fully saturated rings. The van der Waals surface area contributed by atoms with Crippen LogP contribution in [-0.4, -0.2) is 56.7 Å². The average Bonchev–Trinajstić information content (AvgIpc) is 2.57. The maximum absolute atomic E-state index is 12.0. The van der Waals surface area contributed by atoms with Crippen LogP contribution in [0.3, 0.4) is 0 Å². The van der Waals surface area contributed by atoms with Gasteiger partial charge in [0.25, 0.3) is 0 Å². The van der Waals surface area contributed by atoms with Crippen molar-refractivity contribution in [2.45, 2.75) is 45.1 Å². The molecule has 5 amide bonds. The number of primary amides is 1. The molecule has 0 radical (unpaired) electrons. The van der Waals surface area contributed by atoms with Gasteiger partial charge in [-0.3, -0.25) is 9.59 Å². The van der Waals surface area contributed by atoms with Crippen LogP contribution in [0.2, 0.25) is 0 Å². The smallest absolute Gasteiger partial charge is 0.406 e. The van der Waals surface area contributed by atoms with Gasteiger partial charge in [-0.15, -0.1) is 0 Å². The number of hydrogen-bond donors (Lipinski definition) is 5. The molecule has 6 N–H and O–H groups in total. The third kappa shape index (κ3) is 12.6. The Morgan fingerprint density at radius 2 is 1.76 bits per heavy atom. The molecule has 25 heavy (non-hydrogen) atoms. The number of carbonyl (C=O) groups excluding carboxylic acids is 4. The van der Waals surface area contributed by atoms with Crippen LogP contribution in [0.5, 0.6) is 0 Å². The lowest BCUT2D eigenvalue weighted by atomic mass is 10.2. The summed E-state index contributed by atoms with van der Waals surface area (Å²) in [6, 6.07) is -1.63. The Bertz CT molecular complexity index is 444. The predicted octanol–water partition coefficient (Wildman–Crippen LogP) is -0.418. The number of ether oxygens (including phenoxy) is 1. The standard InChI is InChI=1S/C15H29N5O5/c1-3-4-5-6-7-19-14(23)20-11(10-12(16)21)13(22)18-8-9-25-15(24)17-2/h11H,3-10H2,1-2H3,(H2,16,21)(H,17,24)(H,18,22)(H2,19,20,23)/t11-/m1/s1. The zero-order valence-electron chi connectivity index (χ0n) is 14.9. The summed E-state index contributed by atoms with van der Waals surface area (Å²) in [7, 11) is 1.41. The molecule has 0 saturated heterocycles. The summed E-state index contributed by atoms with van der Waals surface area (Å²) in [5.74, 6) is -1.30. The SMILES string of the molecule is CCCCCCNC(=O)N[C@H](CC(N)=O)C(=O)NCCOC(=O)NC. The molecule has 10 nitrogen and oxygen atoms in total. The maximum atomic E-state index is 12.0. The summed E-state index contributed by atoms with van der Waals surface area (Å²) < 4.78 is 4.71. The molecule has 0 rings (SSSR count).